The van der Waals surface area contributed by atoms with Gasteiger partial charge >= 0.3 is 0 Å². The van der Waals surface area contributed by atoms with E-state index < -0.39 is 0 Å². The summed E-state index contributed by atoms with van der Waals surface area (Å²) < 4.78 is 0. The predicted molar refractivity (Wildman–Crippen MR) is 85.4 cm³/mol. The fourth-order valence-electron chi connectivity index (χ4n) is 1.56. The molecule has 0 aliphatic heterocycles. The monoisotopic (exact) mass is 347 g/mol. The third-order valence-electron chi connectivity index (χ3n) is 2.63. The molecular weight excluding hydrogens is 340 g/mol. The summed E-state index contributed by atoms with van der Waals surface area (Å²) in [6.07, 6.45) is 0. The minimum atomic E-state index is -0.286. The summed E-state index contributed by atoms with van der Waals surface area (Å²) in [5, 5.41) is 3.67. The van der Waals surface area contributed by atoms with E-state index in [1.165, 1.54) is 12.1 Å². The average molecular weight is 349 g/mol. The Kier molecular flexibility index (Phi) is 5.17. The predicted octanol–water partition coefficient (Wildman–Crippen LogP) is 5.64. The molecule has 0 radical (unpaired) electrons. The Labute approximate surface area is 136 Å². The highest BCUT2D eigenvalue weighted by atomic mass is 35.5. The van der Waals surface area contributed by atoms with Crippen molar-refractivity contribution in [2.75, 3.05) is 5.32 Å². The number of benzene rings is 2. The molecule has 1 amide bonds. The summed E-state index contributed by atoms with van der Waals surface area (Å²) in [7, 11) is 0. The topological polar surface area (TPSA) is 29.1 Å². The molecule has 104 valence electrons. The fourth-order valence-corrected chi connectivity index (χ4v) is 2.33. The third-order valence-corrected chi connectivity index (χ3v) is 3.97. The van der Waals surface area contributed by atoms with Crippen LogP contribution in [0.3, 0.4) is 0 Å². The molecular formula is C14H9Cl4NO. The molecule has 0 unspecified atom stereocenters. The smallest absolute Gasteiger partial charge is 0.255 e. The quantitative estimate of drug-likeness (QED) is 0.564. The first-order chi connectivity index (χ1) is 9.51. The minimum Gasteiger partial charge on any atom is -0.321 e. The number of carbonyl (C=O) groups excluding carboxylic acids is 1. The zero-order valence-electron chi connectivity index (χ0n) is 10.1. The fraction of sp³-hybridized carbons (Fsp3) is 0.0714. The van der Waals surface area contributed by atoms with Crippen LogP contribution in [0.25, 0.3) is 0 Å². The Bertz CT molecular complexity index is 640. The van der Waals surface area contributed by atoms with Crippen molar-refractivity contribution in [3.8, 4) is 0 Å². The molecule has 6 heteroatoms. The zero-order valence-corrected chi connectivity index (χ0v) is 13.1. The van der Waals surface area contributed by atoms with Gasteiger partial charge in [-0.3, -0.25) is 4.79 Å². The zero-order chi connectivity index (χ0) is 14.7. The maximum absolute atomic E-state index is 12.1. The van der Waals surface area contributed by atoms with Crippen molar-refractivity contribution >= 4 is 58.0 Å². The summed E-state index contributed by atoms with van der Waals surface area (Å²) in [4.78, 5) is 12.1. The number of amides is 1. The summed E-state index contributed by atoms with van der Waals surface area (Å²) in [5.74, 6) is 0.118. The Hall–Kier alpha value is -0.930. The van der Waals surface area contributed by atoms with Gasteiger partial charge in [0.25, 0.3) is 5.91 Å². The molecule has 2 rings (SSSR count). The van der Waals surface area contributed by atoms with Gasteiger partial charge in [0.2, 0.25) is 0 Å². The van der Waals surface area contributed by atoms with Gasteiger partial charge in [0.1, 0.15) is 0 Å². The Balaban J connectivity index is 2.20. The number of rotatable bonds is 3. The largest absolute Gasteiger partial charge is 0.321 e. The van der Waals surface area contributed by atoms with Crippen molar-refractivity contribution in [3.63, 3.8) is 0 Å². The SMILES string of the molecule is O=C(Nc1cc(Cl)c(Cl)cc1Cl)c1ccc(CCl)cc1. The van der Waals surface area contributed by atoms with Gasteiger partial charge in [-0.25, -0.2) is 0 Å². The second kappa shape index (κ2) is 6.68. The van der Waals surface area contributed by atoms with Crippen molar-refractivity contribution in [1.29, 1.82) is 0 Å². The van der Waals surface area contributed by atoms with Gasteiger partial charge in [0.15, 0.2) is 0 Å². The summed E-state index contributed by atoms with van der Waals surface area (Å²) in [6.45, 7) is 0. The first-order valence-corrected chi connectivity index (χ1v) is 7.29. The van der Waals surface area contributed by atoms with Gasteiger partial charge in [-0.1, -0.05) is 46.9 Å². The second-order valence-electron chi connectivity index (χ2n) is 4.03. The van der Waals surface area contributed by atoms with E-state index in [2.05, 4.69) is 5.32 Å². The van der Waals surface area contributed by atoms with Crippen LogP contribution in [-0.2, 0) is 5.88 Å². The number of hydrogen-bond acceptors (Lipinski definition) is 1. The maximum Gasteiger partial charge on any atom is 0.255 e. The van der Waals surface area contributed by atoms with E-state index >= 15 is 0 Å². The summed E-state index contributed by atoms with van der Waals surface area (Å²) >= 11 is 23.4. The van der Waals surface area contributed by atoms with Crippen molar-refractivity contribution in [3.05, 3.63) is 62.6 Å². The van der Waals surface area contributed by atoms with E-state index in [0.717, 1.165) is 5.56 Å². The number of alkyl halides is 1. The molecule has 0 heterocycles. The van der Waals surface area contributed by atoms with Crippen LogP contribution >= 0.6 is 46.4 Å². The molecule has 0 saturated carbocycles. The van der Waals surface area contributed by atoms with Crippen LogP contribution in [0.2, 0.25) is 15.1 Å². The van der Waals surface area contributed by atoms with Crippen LogP contribution in [0.15, 0.2) is 36.4 Å². The number of nitrogens with one attached hydrogen (secondary N) is 1. The van der Waals surface area contributed by atoms with Crippen molar-refractivity contribution < 1.29 is 4.79 Å². The van der Waals surface area contributed by atoms with Crippen LogP contribution in [0.4, 0.5) is 5.69 Å². The first-order valence-electron chi connectivity index (χ1n) is 5.62. The van der Waals surface area contributed by atoms with E-state index in [4.69, 9.17) is 46.4 Å². The lowest BCUT2D eigenvalue weighted by molar-refractivity contribution is 0.102. The molecule has 0 aliphatic rings. The normalized spacial score (nSPS) is 10.4. The molecule has 20 heavy (non-hydrogen) atoms. The molecule has 0 saturated heterocycles. The molecule has 0 bridgehead atoms. The maximum atomic E-state index is 12.1. The first kappa shape index (κ1) is 15.5. The van der Waals surface area contributed by atoms with Gasteiger partial charge < -0.3 is 5.32 Å². The lowest BCUT2D eigenvalue weighted by Crippen LogP contribution is -2.12. The number of halogens is 4. The molecule has 2 nitrogen and oxygen atoms in total. The van der Waals surface area contributed by atoms with E-state index in [-0.39, 0.29) is 5.91 Å². The number of hydrogen-bond donors (Lipinski definition) is 1. The number of carbonyl (C=O) groups is 1. The van der Waals surface area contributed by atoms with Gasteiger partial charge in [0.05, 0.1) is 20.8 Å². The Morgan fingerprint density at radius 1 is 0.950 bits per heavy atom. The van der Waals surface area contributed by atoms with E-state index in [0.29, 0.717) is 32.2 Å². The Morgan fingerprint density at radius 3 is 2.15 bits per heavy atom. The van der Waals surface area contributed by atoms with E-state index in [1.807, 2.05) is 0 Å². The van der Waals surface area contributed by atoms with Crippen molar-refractivity contribution in [2.24, 2.45) is 0 Å². The van der Waals surface area contributed by atoms with E-state index in [9.17, 15) is 4.79 Å². The second-order valence-corrected chi connectivity index (χ2v) is 5.52. The molecule has 1 N–H and O–H groups in total. The van der Waals surface area contributed by atoms with Crippen molar-refractivity contribution in [2.45, 2.75) is 5.88 Å². The van der Waals surface area contributed by atoms with Gasteiger partial charge in [0, 0.05) is 11.4 Å². The van der Waals surface area contributed by atoms with E-state index in [1.54, 1.807) is 24.3 Å². The highest BCUT2D eigenvalue weighted by molar-refractivity contribution is 6.44. The molecule has 0 aromatic heterocycles. The molecule has 0 spiro atoms. The van der Waals surface area contributed by atoms with Gasteiger partial charge in [-0.15, -0.1) is 11.6 Å². The third kappa shape index (κ3) is 3.58. The highest BCUT2D eigenvalue weighted by Crippen LogP contribution is 2.32. The molecule has 2 aromatic carbocycles. The summed E-state index contributed by atoms with van der Waals surface area (Å²) in [5.41, 5.74) is 1.85. The molecule has 2 aromatic rings. The lowest BCUT2D eigenvalue weighted by Gasteiger charge is -2.09. The molecule has 0 atom stereocenters. The van der Waals surface area contributed by atoms with Crippen LogP contribution in [-0.4, -0.2) is 5.91 Å². The highest BCUT2D eigenvalue weighted by Gasteiger charge is 2.11. The van der Waals surface area contributed by atoms with Crippen LogP contribution in [0, 0.1) is 0 Å². The Morgan fingerprint density at radius 2 is 1.55 bits per heavy atom. The molecule has 0 aliphatic carbocycles. The van der Waals surface area contributed by atoms with Gasteiger partial charge in [-0.2, -0.15) is 0 Å². The lowest BCUT2D eigenvalue weighted by atomic mass is 10.1. The van der Waals surface area contributed by atoms with Crippen LogP contribution in [0.1, 0.15) is 15.9 Å². The van der Waals surface area contributed by atoms with Gasteiger partial charge in [-0.05, 0) is 29.8 Å². The minimum absolute atomic E-state index is 0.286. The van der Waals surface area contributed by atoms with Crippen LogP contribution < -0.4 is 5.32 Å². The average Bonchev–Trinajstić information content (AvgIpc) is 2.44. The standard InChI is InChI=1S/C14H9Cl4NO/c15-7-8-1-3-9(4-2-8)14(20)19-13-6-11(17)10(16)5-12(13)18/h1-6H,7H2,(H,19,20). The summed E-state index contributed by atoms with van der Waals surface area (Å²) in [6, 6.07) is 9.96. The molecule has 0 fully saturated rings. The van der Waals surface area contributed by atoms with Crippen LogP contribution in [0.5, 0.6) is 0 Å². The van der Waals surface area contributed by atoms with Crippen molar-refractivity contribution in [1.82, 2.24) is 0 Å². The number of anilines is 1.